The average Bonchev–Trinajstić information content (AvgIpc) is 3.00. The van der Waals surface area contributed by atoms with Crippen LogP contribution in [-0.2, 0) is 14.3 Å². The molecule has 6 heteroatoms. The SMILES string of the molecule is Cc1ccc(NC(=O)COC(=O)[C@H]2CC2(Cl)Cl)cc1C. The molecule has 0 saturated heterocycles. The molecule has 1 fully saturated rings. The van der Waals surface area contributed by atoms with Gasteiger partial charge in [-0.1, -0.05) is 6.07 Å². The van der Waals surface area contributed by atoms with Crippen molar-refractivity contribution in [1.82, 2.24) is 0 Å². The molecule has 1 saturated carbocycles. The van der Waals surface area contributed by atoms with Crippen molar-refractivity contribution in [1.29, 1.82) is 0 Å². The van der Waals surface area contributed by atoms with Crippen molar-refractivity contribution in [2.45, 2.75) is 24.6 Å². The first-order valence-corrected chi connectivity index (χ1v) is 6.97. The number of hydrogen-bond donors (Lipinski definition) is 1. The van der Waals surface area contributed by atoms with Crippen molar-refractivity contribution in [2.24, 2.45) is 5.92 Å². The van der Waals surface area contributed by atoms with E-state index in [0.717, 1.165) is 11.1 Å². The molecule has 0 radical (unpaired) electrons. The van der Waals surface area contributed by atoms with E-state index in [9.17, 15) is 9.59 Å². The van der Waals surface area contributed by atoms with Gasteiger partial charge < -0.3 is 10.1 Å². The molecule has 0 unspecified atom stereocenters. The predicted molar refractivity (Wildman–Crippen MR) is 78.0 cm³/mol. The Kier molecular flexibility index (Phi) is 4.25. The lowest BCUT2D eigenvalue weighted by molar-refractivity contribution is -0.148. The van der Waals surface area contributed by atoms with E-state index in [4.69, 9.17) is 27.9 Å². The van der Waals surface area contributed by atoms with Crippen molar-refractivity contribution in [3.05, 3.63) is 29.3 Å². The second-order valence-electron chi connectivity index (χ2n) is 4.97. The first kappa shape index (κ1) is 15.1. The highest BCUT2D eigenvalue weighted by Gasteiger charge is 2.57. The summed E-state index contributed by atoms with van der Waals surface area (Å²) in [6, 6.07) is 5.57. The molecule has 2 rings (SSSR count). The van der Waals surface area contributed by atoms with E-state index >= 15 is 0 Å². The summed E-state index contributed by atoms with van der Waals surface area (Å²) in [5.74, 6) is -1.46. The topological polar surface area (TPSA) is 55.4 Å². The van der Waals surface area contributed by atoms with Crippen LogP contribution in [0.3, 0.4) is 0 Å². The van der Waals surface area contributed by atoms with E-state index in [0.29, 0.717) is 12.1 Å². The lowest BCUT2D eigenvalue weighted by Crippen LogP contribution is -2.22. The zero-order valence-electron chi connectivity index (χ0n) is 11.2. The van der Waals surface area contributed by atoms with Gasteiger partial charge in [-0.25, -0.2) is 0 Å². The summed E-state index contributed by atoms with van der Waals surface area (Å²) in [7, 11) is 0. The van der Waals surface area contributed by atoms with Crippen LogP contribution in [0.1, 0.15) is 17.5 Å². The first-order chi connectivity index (χ1) is 9.29. The van der Waals surface area contributed by atoms with Crippen LogP contribution in [0.2, 0.25) is 0 Å². The summed E-state index contributed by atoms with van der Waals surface area (Å²) >= 11 is 11.5. The summed E-state index contributed by atoms with van der Waals surface area (Å²) in [5, 5.41) is 2.66. The second-order valence-corrected chi connectivity index (χ2v) is 6.52. The zero-order chi connectivity index (χ0) is 14.9. The van der Waals surface area contributed by atoms with Gasteiger partial charge in [-0.2, -0.15) is 0 Å². The van der Waals surface area contributed by atoms with Crippen molar-refractivity contribution >= 4 is 40.8 Å². The van der Waals surface area contributed by atoms with E-state index in [1.54, 1.807) is 6.07 Å². The lowest BCUT2D eigenvalue weighted by Gasteiger charge is -2.08. The van der Waals surface area contributed by atoms with Gasteiger partial charge in [-0.15, -0.1) is 23.2 Å². The molecule has 0 aliphatic heterocycles. The van der Waals surface area contributed by atoms with Gasteiger partial charge in [0.1, 0.15) is 4.33 Å². The molecule has 0 bridgehead atoms. The third kappa shape index (κ3) is 3.64. The largest absolute Gasteiger partial charge is 0.455 e. The fraction of sp³-hybridized carbons (Fsp3) is 0.429. The van der Waals surface area contributed by atoms with E-state index < -0.39 is 22.1 Å². The molecule has 108 valence electrons. The molecule has 1 aliphatic rings. The Morgan fingerprint density at radius 1 is 1.35 bits per heavy atom. The minimum absolute atomic E-state index is 0.341. The van der Waals surface area contributed by atoms with E-state index in [2.05, 4.69) is 5.32 Å². The highest BCUT2D eigenvalue weighted by atomic mass is 35.5. The Balaban J connectivity index is 1.81. The molecule has 0 spiro atoms. The molecule has 1 aromatic carbocycles. The van der Waals surface area contributed by atoms with Crippen LogP contribution < -0.4 is 5.32 Å². The molecule has 1 aromatic rings. The number of anilines is 1. The number of halogens is 2. The Hall–Kier alpha value is -1.26. The highest BCUT2D eigenvalue weighted by Crippen LogP contribution is 2.53. The average molecular weight is 316 g/mol. The number of ether oxygens (including phenoxy) is 1. The maximum absolute atomic E-state index is 11.7. The molecule has 4 nitrogen and oxygen atoms in total. The van der Waals surface area contributed by atoms with Crippen LogP contribution in [-0.4, -0.2) is 22.8 Å². The van der Waals surface area contributed by atoms with Crippen molar-refractivity contribution < 1.29 is 14.3 Å². The van der Waals surface area contributed by atoms with E-state index in [-0.39, 0.29) is 6.61 Å². The number of carbonyl (C=O) groups is 2. The monoisotopic (exact) mass is 315 g/mol. The van der Waals surface area contributed by atoms with Crippen LogP contribution in [0, 0.1) is 19.8 Å². The smallest absolute Gasteiger partial charge is 0.312 e. The van der Waals surface area contributed by atoms with Crippen LogP contribution in [0.25, 0.3) is 0 Å². The third-order valence-electron chi connectivity index (χ3n) is 3.25. The second kappa shape index (κ2) is 5.62. The van der Waals surface area contributed by atoms with Gasteiger partial charge in [0.15, 0.2) is 6.61 Å². The summed E-state index contributed by atoms with van der Waals surface area (Å²) in [6.45, 7) is 3.60. The predicted octanol–water partition coefficient (Wildman–Crippen LogP) is 2.98. The van der Waals surface area contributed by atoms with E-state index in [1.165, 1.54) is 0 Å². The van der Waals surface area contributed by atoms with Crippen LogP contribution >= 0.6 is 23.2 Å². The van der Waals surface area contributed by atoms with Gasteiger partial charge in [0, 0.05) is 5.69 Å². The lowest BCUT2D eigenvalue weighted by atomic mass is 10.1. The van der Waals surface area contributed by atoms with Gasteiger partial charge in [0.05, 0.1) is 5.92 Å². The minimum Gasteiger partial charge on any atom is -0.455 e. The van der Waals surface area contributed by atoms with Gasteiger partial charge in [-0.05, 0) is 43.5 Å². The molecule has 1 amide bonds. The summed E-state index contributed by atoms with van der Waals surface area (Å²) in [4.78, 5) is 23.2. The number of alkyl halides is 2. The normalized spacial score (nSPS) is 19.3. The molecular formula is C14H15Cl2NO3. The molecule has 1 aliphatic carbocycles. The van der Waals surface area contributed by atoms with Gasteiger partial charge in [-0.3, -0.25) is 9.59 Å². The number of amides is 1. The van der Waals surface area contributed by atoms with E-state index in [1.807, 2.05) is 26.0 Å². The maximum atomic E-state index is 11.7. The Morgan fingerprint density at radius 3 is 2.55 bits per heavy atom. The van der Waals surface area contributed by atoms with Crippen LogP contribution in [0.5, 0.6) is 0 Å². The zero-order valence-corrected chi connectivity index (χ0v) is 12.7. The molecule has 1 N–H and O–H groups in total. The fourth-order valence-corrected chi connectivity index (χ4v) is 2.21. The number of nitrogens with one attached hydrogen (secondary N) is 1. The number of rotatable bonds is 4. The van der Waals surface area contributed by atoms with Crippen molar-refractivity contribution in [2.75, 3.05) is 11.9 Å². The Morgan fingerprint density at radius 2 is 2.00 bits per heavy atom. The number of benzene rings is 1. The van der Waals surface area contributed by atoms with Crippen molar-refractivity contribution in [3.63, 3.8) is 0 Å². The third-order valence-corrected chi connectivity index (χ3v) is 4.08. The number of aryl methyl sites for hydroxylation is 2. The van der Waals surface area contributed by atoms with Crippen molar-refractivity contribution in [3.8, 4) is 0 Å². The molecule has 0 heterocycles. The highest BCUT2D eigenvalue weighted by molar-refractivity contribution is 6.52. The molecule has 20 heavy (non-hydrogen) atoms. The number of hydrogen-bond acceptors (Lipinski definition) is 3. The van der Waals surface area contributed by atoms with Gasteiger partial charge in [0.25, 0.3) is 5.91 Å². The molecular weight excluding hydrogens is 301 g/mol. The fourth-order valence-electron chi connectivity index (χ4n) is 1.72. The Bertz CT molecular complexity index is 557. The first-order valence-electron chi connectivity index (χ1n) is 6.21. The maximum Gasteiger partial charge on any atom is 0.312 e. The van der Waals surface area contributed by atoms with Crippen LogP contribution in [0.15, 0.2) is 18.2 Å². The molecule has 0 aromatic heterocycles. The summed E-state index contributed by atoms with van der Waals surface area (Å²) < 4.78 is 3.84. The van der Waals surface area contributed by atoms with Crippen LogP contribution in [0.4, 0.5) is 5.69 Å². The standard InChI is InChI=1S/C14H15Cl2NO3/c1-8-3-4-10(5-9(8)2)17-12(18)7-20-13(19)11-6-14(11,15)16/h3-5,11H,6-7H2,1-2H3,(H,17,18)/t11-/m1/s1. The number of esters is 1. The summed E-state index contributed by atoms with van der Waals surface area (Å²) in [6.07, 6.45) is 0.369. The molecule has 1 atom stereocenters. The van der Waals surface area contributed by atoms with Gasteiger partial charge in [0.2, 0.25) is 0 Å². The quantitative estimate of drug-likeness (QED) is 0.686. The van der Waals surface area contributed by atoms with Gasteiger partial charge >= 0.3 is 5.97 Å². The number of carbonyl (C=O) groups excluding carboxylic acids is 2. The Labute approximate surface area is 127 Å². The summed E-state index contributed by atoms with van der Waals surface area (Å²) in [5.41, 5.74) is 2.89. The minimum atomic E-state index is -1.03.